The minimum atomic E-state index is -1.16. The number of hydrogen-bond donors (Lipinski definition) is 0. The number of para-hydroxylation sites is 1. The van der Waals surface area contributed by atoms with Gasteiger partial charge in [-0.3, -0.25) is 0 Å². The summed E-state index contributed by atoms with van der Waals surface area (Å²) >= 11 is 0. The first kappa shape index (κ1) is 21.1. The third-order valence-corrected chi connectivity index (χ3v) is 7.40. The van der Waals surface area contributed by atoms with Crippen molar-refractivity contribution < 1.29 is 14.3 Å². The predicted octanol–water partition coefficient (Wildman–Crippen LogP) is 5.11. The maximum absolute atomic E-state index is 13.3. The number of esters is 1. The number of rotatable bonds is 3. The molecule has 4 aromatic rings. The molecule has 1 atom stereocenters. The lowest BCUT2D eigenvalue weighted by molar-refractivity contribution is 0.0225. The Labute approximate surface area is 209 Å². The van der Waals surface area contributed by atoms with Crippen LogP contribution in [0.25, 0.3) is 5.69 Å². The summed E-state index contributed by atoms with van der Waals surface area (Å²) < 4.78 is 14.9. The van der Waals surface area contributed by atoms with E-state index in [9.17, 15) is 4.79 Å². The molecular weight excluding hydrogens is 452 g/mol. The molecule has 0 amide bonds. The maximum Gasteiger partial charge on any atom is 0.340 e. The van der Waals surface area contributed by atoms with Gasteiger partial charge in [-0.05, 0) is 43.2 Å². The van der Waals surface area contributed by atoms with Crippen molar-refractivity contribution in [2.24, 2.45) is 0 Å². The van der Waals surface area contributed by atoms with Crippen molar-refractivity contribution in [3.8, 4) is 17.3 Å². The van der Waals surface area contributed by atoms with Crippen LogP contribution >= 0.6 is 0 Å². The minimum absolute atomic E-state index is 0.342. The van der Waals surface area contributed by atoms with E-state index in [1.54, 1.807) is 0 Å². The van der Waals surface area contributed by atoms with Gasteiger partial charge in [-0.25, -0.2) is 4.79 Å². The highest BCUT2D eigenvalue weighted by Gasteiger charge is 2.57. The number of hydrogen-bond acceptors (Lipinski definition) is 6. The molecule has 180 valence electrons. The Morgan fingerprint density at radius 1 is 0.889 bits per heavy atom. The van der Waals surface area contributed by atoms with Crippen molar-refractivity contribution in [2.75, 3.05) is 37.0 Å². The van der Waals surface area contributed by atoms with E-state index in [2.05, 4.69) is 23.1 Å². The fraction of sp³-hybridized carbons (Fsp3) is 0.241. The molecule has 0 N–H and O–H groups in total. The van der Waals surface area contributed by atoms with Gasteiger partial charge in [0.2, 0.25) is 11.5 Å². The molecular formula is C29H26N4O3. The molecule has 3 aromatic carbocycles. The van der Waals surface area contributed by atoms with Crippen LogP contribution in [-0.4, -0.2) is 42.9 Å². The van der Waals surface area contributed by atoms with Gasteiger partial charge in [0.05, 0.1) is 11.3 Å². The topological polar surface area (TPSA) is 59.8 Å². The van der Waals surface area contributed by atoms with Gasteiger partial charge in [0.15, 0.2) is 5.82 Å². The average molecular weight is 479 g/mol. The Bertz CT molecular complexity index is 1500. The molecule has 1 unspecified atom stereocenters. The zero-order valence-electron chi connectivity index (χ0n) is 20.3. The number of benzene rings is 3. The molecule has 1 spiro atoms. The molecule has 1 saturated heterocycles. The standard InChI is InChI=1S/C29H26N4O3/c1-31(2)26-25-27(33(30-26)19-10-4-3-5-11-19)35-24-18-20(32-16-8-9-17-32)14-15-23(24)29(25)22-13-7-6-12-21(22)28(34)36-29/h3-7,10-15,18H,8-9,16-17H2,1-2H3. The number of carbonyl (C=O) groups excluding carboxylic acids is 1. The fourth-order valence-corrected chi connectivity index (χ4v) is 5.75. The number of aromatic nitrogens is 2. The average Bonchev–Trinajstić information content (AvgIpc) is 3.63. The number of carbonyl (C=O) groups is 1. The van der Waals surface area contributed by atoms with Gasteiger partial charge in [0, 0.05) is 50.1 Å². The normalized spacial score (nSPS) is 19.5. The van der Waals surface area contributed by atoms with E-state index >= 15 is 0 Å². The Kier molecular flexibility index (Phi) is 4.46. The molecule has 1 aromatic heterocycles. The second kappa shape index (κ2) is 7.62. The lowest BCUT2D eigenvalue weighted by Gasteiger charge is -2.36. The first-order valence-electron chi connectivity index (χ1n) is 12.3. The van der Waals surface area contributed by atoms with Crippen LogP contribution in [0.15, 0.2) is 72.8 Å². The first-order chi connectivity index (χ1) is 17.6. The van der Waals surface area contributed by atoms with Crippen molar-refractivity contribution in [3.05, 3.63) is 95.1 Å². The lowest BCUT2D eigenvalue weighted by atomic mass is 9.78. The molecule has 36 heavy (non-hydrogen) atoms. The maximum atomic E-state index is 13.3. The number of nitrogens with zero attached hydrogens (tertiary/aromatic N) is 4. The Hall–Kier alpha value is -4.26. The second-order valence-corrected chi connectivity index (χ2v) is 9.74. The summed E-state index contributed by atoms with van der Waals surface area (Å²) in [5.41, 5.74) is 3.74. The molecule has 7 heteroatoms. The van der Waals surface area contributed by atoms with Crippen LogP contribution in [0, 0.1) is 0 Å². The first-order valence-corrected chi connectivity index (χ1v) is 12.3. The van der Waals surface area contributed by atoms with E-state index in [1.165, 1.54) is 12.8 Å². The van der Waals surface area contributed by atoms with Crippen molar-refractivity contribution in [1.82, 2.24) is 9.78 Å². The largest absolute Gasteiger partial charge is 0.440 e. The number of fused-ring (bicyclic) bond motifs is 6. The van der Waals surface area contributed by atoms with E-state index in [-0.39, 0.29) is 5.97 Å². The molecule has 0 radical (unpaired) electrons. The van der Waals surface area contributed by atoms with Crippen LogP contribution in [0.5, 0.6) is 11.6 Å². The highest BCUT2D eigenvalue weighted by Crippen LogP contribution is 2.59. The molecule has 7 rings (SSSR count). The van der Waals surface area contributed by atoms with Gasteiger partial charge < -0.3 is 19.3 Å². The van der Waals surface area contributed by atoms with Gasteiger partial charge in [0.1, 0.15) is 11.3 Å². The highest BCUT2D eigenvalue weighted by molar-refractivity contribution is 5.97. The Morgan fingerprint density at radius 2 is 1.64 bits per heavy atom. The summed E-state index contributed by atoms with van der Waals surface area (Å²) in [5.74, 6) is 1.58. The summed E-state index contributed by atoms with van der Waals surface area (Å²) in [5, 5.41) is 4.98. The summed E-state index contributed by atoms with van der Waals surface area (Å²) in [4.78, 5) is 17.6. The van der Waals surface area contributed by atoms with Crippen molar-refractivity contribution in [2.45, 2.75) is 18.4 Å². The van der Waals surface area contributed by atoms with Crippen LogP contribution in [0.3, 0.4) is 0 Å². The third kappa shape index (κ3) is 2.80. The fourth-order valence-electron chi connectivity index (χ4n) is 5.75. The number of anilines is 2. The third-order valence-electron chi connectivity index (χ3n) is 7.40. The quantitative estimate of drug-likeness (QED) is 0.382. The van der Waals surface area contributed by atoms with Crippen LogP contribution < -0.4 is 14.5 Å². The van der Waals surface area contributed by atoms with E-state index in [0.29, 0.717) is 23.0 Å². The summed E-state index contributed by atoms with van der Waals surface area (Å²) in [6, 6.07) is 23.8. The van der Waals surface area contributed by atoms with Crippen molar-refractivity contribution >= 4 is 17.5 Å². The molecule has 3 aliphatic heterocycles. The van der Waals surface area contributed by atoms with Crippen LogP contribution in [0.2, 0.25) is 0 Å². The van der Waals surface area contributed by atoms with E-state index < -0.39 is 5.60 Å². The van der Waals surface area contributed by atoms with Crippen LogP contribution in [0.4, 0.5) is 11.5 Å². The van der Waals surface area contributed by atoms with Gasteiger partial charge in [-0.1, -0.05) is 36.4 Å². The minimum Gasteiger partial charge on any atom is -0.440 e. The van der Waals surface area contributed by atoms with Gasteiger partial charge in [0.25, 0.3) is 0 Å². The highest BCUT2D eigenvalue weighted by atomic mass is 16.6. The predicted molar refractivity (Wildman–Crippen MR) is 138 cm³/mol. The van der Waals surface area contributed by atoms with E-state index in [1.807, 2.05) is 78.3 Å². The van der Waals surface area contributed by atoms with Crippen LogP contribution in [-0.2, 0) is 10.3 Å². The van der Waals surface area contributed by atoms with Gasteiger partial charge >= 0.3 is 5.97 Å². The Morgan fingerprint density at radius 3 is 2.42 bits per heavy atom. The van der Waals surface area contributed by atoms with E-state index in [0.717, 1.165) is 41.2 Å². The second-order valence-electron chi connectivity index (χ2n) is 9.74. The molecule has 0 aliphatic carbocycles. The molecule has 7 nitrogen and oxygen atoms in total. The molecule has 0 saturated carbocycles. The molecule has 0 bridgehead atoms. The summed E-state index contributed by atoms with van der Waals surface area (Å²) in [6.07, 6.45) is 2.37. The van der Waals surface area contributed by atoms with Crippen molar-refractivity contribution in [3.63, 3.8) is 0 Å². The zero-order chi connectivity index (χ0) is 24.4. The Balaban J connectivity index is 1.55. The summed E-state index contributed by atoms with van der Waals surface area (Å²) in [6.45, 7) is 2.06. The van der Waals surface area contributed by atoms with E-state index in [4.69, 9.17) is 14.6 Å². The zero-order valence-corrected chi connectivity index (χ0v) is 20.3. The van der Waals surface area contributed by atoms with Crippen LogP contribution in [0.1, 0.15) is 39.9 Å². The SMILES string of the molecule is CN(C)c1nn(-c2ccccc2)c2c1C1(OC(=O)c3ccccc31)c1ccc(N3CCCC3)cc1O2. The smallest absolute Gasteiger partial charge is 0.340 e. The van der Waals surface area contributed by atoms with Gasteiger partial charge in [-0.2, -0.15) is 4.68 Å². The van der Waals surface area contributed by atoms with Gasteiger partial charge in [-0.15, -0.1) is 5.10 Å². The molecule has 1 fully saturated rings. The molecule has 4 heterocycles. The summed E-state index contributed by atoms with van der Waals surface area (Å²) in [7, 11) is 3.89. The monoisotopic (exact) mass is 478 g/mol. The van der Waals surface area contributed by atoms with Crippen molar-refractivity contribution in [1.29, 1.82) is 0 Å². The lowest BCUT2D eigenvalue weighted by Crippen LogP contribution is -2.34. The molecule has 3 aliphatic rings. The number of ether oxygens (including phenoxy) is 2.